The van der Waals surface area contributed by atoms with Crippen LogP contribution in [0, 0.1) is 13.8 Å². The number of unbranched alkanes of at least 4 members (excludes halogenated alkanes) is 4. The van der Waals surface area contributed by atoms with Crippen LogP contribution in [0.15, 0.2) is 0 Å². The first kappa shape index (κ1) is 9.96. The van der Waals surface area contributed by atoms with Gasteiger partial charge in [0.25, 0.3) is 0 Å². The van der Waals surface area contributed by atoms with Crippen molar-refractivity contribution in [3.05, 3.63) is 13.8 Å². The van der Waals surface area contributed by atoms with Gasteiger partial charge in [0.1, 0.15) is 0 Å². The van der Waals surface area contributed by atoms with Gasteiger partial charge in [0.05, 0.1) is 0 Å². The van der Waals surface area contributed by atoms with Crippen molar-refractivity contribution in [2.45, 2.75) is 32.1 Å². The van der Waals surface area contributed by atoms with Crippen molar-refractivity contribution >= 4 is 0 Å². The average molecular weight is 142 g/mol. The third-order valence-corrected chi connectivity index (χ3v) is 1.43. The summed E-state index contributed by atoms with van der Waals surface area (Å²) in [6.07, 6.45) is 6.07. The van der Waals surface area contributed by atoms with Gasteiger partial charge in [-0.05, 0) is 13.3 Å². The quantitative estimate of drug-likeness (QED) is 0.496. The second-order valence-electron chi connectivity index (χ2n) is 2.38. The number of ether oxygens (including phenoxy) is 1. The minimum atomic E-state index is 0.606. The molecule has 60 valence electrons. The lowest BCUT2D eigenvalue weighted by Gasteiger charge is -1.99. The molecule has 10 heavy (non-hydrogen) atoms. The van der Waals surface area contributed by atoms with Gasteiger partial charge >= 0.3 is 0 Å². The predicted molar refractivity (Wildman–Crippen MR) is 44.6 cm³/mol. The molecular weight excluding hydrogens is 124 g/mol. The van der Waals surface area contributed by atoms with Crippen molar-refractivity contribution in [1.82, 2.24) is 0 Å². The molecule has 2 radical (unpaired) electrons. The Labute approximate surface area is 64.8 Å². The largest absolute Gasteiger partial charge is 0.381 e. The molecule has 0 heterocycles. The zero-order valence-electron chi connectivity index (χ0n) is 6.77. The van der Waals surface area contributed by atoms with Crippen molar-refractivity contribution in [2.75, 3.05) is 13.2 Å². The summed E-state index contributed by atoms with van der Waals surface area (Å²) in [5.74, 6) is 0. The molecule has 1 nitrogen and oxygen atoms in total. The topological polar surface area (TPSA) is 9.23 Å². The van der Waals surface area contributed by atoms with Crippen LogP contribution in [-0.2, 0) is 4.74 Å². The molecule has 0 aliphatic carbocycles. The maximum absolute atomic E-state index is 5.09. The number of rotatable bonds is 7. The van der Waals surface area contributed by atoms with Crippen molar-refractivity contribution in [1.29, 1.82) is 0 Å². The molecule has 0 fully saturated rings. The molecule has 0 aromatic heterocycles. The van der Waals surface area contributed by atoms with Crippen LogP contribution in [0.3, 0.4) is 0 Å². The van der Waals surface area contributed by atoms with Crippen LogP contribution in [0.4, 0.5) is 0 Å². The number of hydrogen-bond acceptors (Lipinski definition) is 1. The second kappa shape index (κ2) is 8.96. The summed E-state index contributed by atoms with van der Waals surface area (Å²) in [6, 6.07) is 0. The maximum Gasteiger partial charge on any atom is 0.0466 e. The summed E-state index contributed by atoms with van der Waals surface area (Å²) in [7, 11) is 0. The molecule has 0 rings (SSSR count). The Morgan fingerprint density at radius 1 is 0.900 bits per heavy atom. The van der Waals surface area contributed by atoms with E-state index in [1.807, 2.05) is 0 Å². The molecule has 0 bridgehead atoms. The van der Waals surface area contributed by atoms with Crippen LogP contribution >= 0.6 is 0 Å². The lowest BCUT2D eigenvalue weighted by molar-refractivity contribution is 0.156. The highest BCUT2D eigenvalue weighted by molar-refractivity contribution is 4.44. The Bertz CT molecular complexity index is 44.7. The van der Waals surface area contributed by atoms with Gasteiger partial charge in [-0.1, -0.05) is 32.6 Å². The standard InChI is InChI=1S/C9H18O/c1-3-5-6-7-8-9-10-4-2/h1-9H2. The molecule has 0 amide bonds. The Balaban J connectivity index is 2.65. The van der Waals surface area contributed by atoms with Gasteiger partial charge in [0, 0.05) is 13.2 Å². The zero-order valence-corrected chi connectivity index (χ0v) is 6.77. The van der Waals surface area contributed by atoms with Crippen molar-refractivity contribution < 1.29 is 4.74 Å². The Kier molecular flexibility index (Phi) is 8.92. The second-order valence-corrected chi connectivity index (χ2v) is 2.38. The predicted octanol–water partition coefficient (Wildman–Crippen LogP) is 2.62. The third kappa shape index (κ3) is 7.96. The van der Waals surface area contributed by atoms with E-state index >= 15 is 0 Å². The Morgan fingerprint density at radius 2 is 1.60 bits per heavy atom. The summed E-state index contributed by atoms with van der Waals surface area (Å²) < 4.78 is 5.09. The zero-order chi connectivity index (χ0) is 7.66. The van der Waals surface area contributed by atoms with E-state index in [0.717, 1.165) is 13.0 Å². The minimum absolute atomic E-state index is 0.606. The summed E-state index contributed by atoms with van der Waals surface area (Å²) in [5, 5.41) is 0. The minimum Gasteiger partial charge on any atom is -0.381 e. The molecule has 0 aliphatic rings. The van der Waals surface area contributed by atoms with Gasteiger partial charge in [-0.3, -0.25) is 0 Å². The fourth-order valence-corrected chi connectivity index (χ4v) is 0.837. The molecule has 0 saturated heterocycles. The van der Waals surface area contributed by atoms with Crippen molar-refractivity contribution in [2.24, 2.45) is 0 Å². The van der Waals surface area contributed by atoms with E-state index in [4.69, 9.17) is 4.74 Å². The molecule has 0 spiro atoms. The molecular formula is C9H18O. The first-order valence-corrected chi connectivity index (χ1v) is 4.08. The number of hydrogen-bond donors (Lipinski definition) is 0. The molecule has 0 atom stereocenters. The smallest absolute Gasteiger partial charge is 0.0466 e. The summed E-state index contributed by atoms with van der Waals surface area (Å²) in [5.41, 5.74) is 0. The third-order valence-electron chi connectivity index (χ3n) is 1.43. The van der Waals surface area contributed by atoms with Crippen LogP contribution in [0.1, 0.15) is 32.1 Å². The maximum atomic E-state index is 5.09. The van der Waals surface area contributed by atoms with Crippen molar-refractivity contribution in [3.8, 4) is 0 Å². The van der Waals surface area contributed by atoms with Gasteiger partial charge in [-0.25, -0.2) is 0 Å². The molecule has 1 heteroatoms. The van der Waals surface area contributed by atoms with Crippen LogP contribution in [0.2, 0.25) is 0 Å². The average Bonchev–Trinajstić information content (AvgIpc) is 1.97. The van der Waals surface area contributed by atoms with Crippen molar-refractivity contribution in [3.63, 3.8) is 0 Å². The fourth-order valence-electron chi connectivity index (χ4n) is 0.837. The van der Waals surface area contributed by atoms with E-state index < -0.39 is 0 Å². The van der Waals surface area contributed by atoms with Crippen LogP contribution < -0.4 is 0 Å². The summed E-state index contributed by atoms with van der Waals surface area (Å²) >= 11 is 0. The Hall–Kier alpha value is -0.0400. The molecule has 0 N–H and O–H groups in total. The molecule has 0 saturated carbocycles. The lowest BCUT2D eigenvalue weighted by Crippen LogP contribution is -1.92. The Morgan fingerprint density at radius 3 is 2.20 bits per heavy atom. The van der Waals surface area contributed by atoms with Gasteiger partial charge in [0.15, 0.2) is 0 Å². The molecule has 0 aromatic carbocycles. The van der Waals surface area contributed by atoms with E-state index in [1.54, 1.807) is 0 Å². The van der Waals surface area contributed by atoms with Gasteiger partial charge in [-0.2, -0.15) is 0 Å². The summed E-state index contributed by atoms with van der Waals surface area (Å²) in [6.45, 7) is 8.85. The van der Waals surface area contributed by atoms with E-state index in [-0.39, 0.29) is 0 Å². The highest BCUT2D eigenvalue weighted by Gasteiger charge is 1.87. The molecule has 0 unspecified atom stereocenters. The van der Waals surface area contributed by atoms with Gasteiger partial charge < -0.3 is 4.74 Å². The van der Waals surface area contributed by atoms with E-state index in [0.29, 0.717) is 6.61 Å². The van der Waals surface area contributed by atoms with Crippen LogP contribution in [0.5, 0.6) is 0 Å². The highest BCUT2D eigenvalue weighted by atomic mass is 16.5. The SMILES string of the molecule is [CH2]CCCCCCOC[CH2]. The normalized spacial score (nSPS) is 10.2. The highest BCUT2D eigenvalue weighted by Crippen LogP contribution is 2.01. The monoisotopic (exact) mass is 142 g/mol. The molecule has 0 aliphatic heterocycles. The summed E-state index contributed by atoms with van der Waals surface area (Å²) in [4.78, 5) is 0. The first-order valence-electron chi connectivity index (χ1n) is 4.08. The van der Waals surface area contributed by atoms with E-state index in [2.05, 4.69) is 13.8 Å². The van der Waals surface area contributed by atoms with Crippen LogP contribution in [-0.4, -0.2) is 13.2 Å². The van der Waals surface area contributed by atoms with Gasteiger partial charge in [-0.15, -0.1) is 0 Å². The van der Waals surface area contributed by atoms with Crippen LogP contribution in [0.25, 0.3) is 0 Å². The van der Waals surface area contributed by atoms with E-state index in [9.17, 15) is 0 Å². The molecule has 0 aromatic rings. The van der Waals surface area contributed by atoms with Gasteiger partial charge in [0.2, 0.25) is 0 Å². The first-order chi connectivity index (χ1) is 4.91. The lowest BCUT2D eigenvalue weighted by atomic mass is 10.2. The fraction of sp³-hybridized carbons (Fsp3) is 0.778. The van der Waals surface area contributed by atoms with E-state index in [1.165, 1.54) is 25.7 Å².